The smallest absolute Gasteiger partial charge is 0.324 e. The molecule has 0 radical (unpaired) electrons. The lowest BCUT2D eigenvalue weighted by molar-refractivity contribution is -0.145. The summed E-state index contributed by atoms with van der Waals surface area (Å²) in [6.07, 6.45) is 2.87. The molecule has 114 valence electrons. The number of carbonyl (C=O) groups is 1. The topological polar surface area (TPSA) is 58.6 Å². The predicted octanol–water partition coefficient (Wildman–Crippen LogP) is 2.47. The number of carboxylic acid groups (broad SMARTS) is 1. The summed E-state index contributed by atoms with van der Waals surface area (Å²) in [5, 5.41) is 12.6. The molecule has 2 aliphatic carbocycles. The molecule has 0 bridgehead atoms. The minimum atomic E-state index is -0.984. The highest BCUT2D eigenvalue weighted by Gasteiger charge is 2.49. The van der Waals surface area contributed by atoms with Crippen LogP contribution in [-0.2, 0) is 4.79 Å². The van der Waals surface area contributed by atoms with Crippen LogP contribution >= 0.6 is 0 Å². The lowest BCUT2D eigenvalue weighted by Gasteiger charge is -2.26. The molecule has 2 saturated carbocycles. The van der Waals surface area contributed by atoms with Crippen LogP contribution in [0.5, 0.6) is 5.75 Å². The van der Waals surface area contributed by atoms with Gasteiger partial charge in [-0.3, -0.25) is 10.1 Å². The second-order valence-corrected chi connectivity index (χ2v) is 5.86. The molecule has 21 heavy (non-hydrogen) atoms. The zero-order valence-corrected chi connectivity index (χ0v) is 11.4. The molecule has 2 aliphatic rings. The highest BCUT2D eigenvalue weighted by atomic mass is 19.1. The quantitative estimate of drug-likeness (QED) is 0.876. The maximum Gasteiger partial charge on any atom is 0.324 e. The molecular weight excluding hydrogens is 280 g/mol. The van der Waals surface area contributed by atoms with Gasteiger partial charge in [-0.2, -0.15) is 0 Å². The van der Waals surface area contributed by atoms with Gasteiger partial charge in [0.2, 0.25) is 0 Å². The van der Waals surface area contributed by atoms with Gasteiger partial charge < -0.3 is 9.84 Å². The Kier molecular flexibility index (Phi) is 3.57. The average molecular weight is 297 g/mol. The maximum absolute atomic E-state index is 13.6. The fourth-order valence-corrected chi connectivity index (χ4v) is 2.86. The molecule has 0 aromatic heterocycles. The fraction of sp³-hybridized carbons (Fsp3) is 0.533. The van der Waals surface area contributed by atoms with E-state index in [9.17, 15) is 18.7 Å². The Morgan fingerprint density at radius 1 is 1.33 bits per heavy atom. The van der Waals surface area contributed by atoms with Crippen LogP contribution < -0.4 is 10.1 Å². The summed E-state index contributed by atoms with van der Waals surface area (Å²) >= 11 is 0. The van der Waals surface area contributed by atoms with Crippen LogP contribution in [0.15, 0.2) is 18.2 Å². The van der Waals surface area contributed by atoms with Crippen molar-refractivity contribution >= 4 is 5.97 Å². The summed E-state index contributed by atoms with van der Waals surface area (Å²) in [7, 11) is 0. The molecule has 1 aromatic rings. The average Bonchev–Trinajstić information content (AvgIpc) is 3.12. The third-order valence-electron chi connectivity index (χ3n) is 4.12. The van der Waals surface area contributed by atoms with Gasteiger partial charge in [0, 0.05) is 18.5 Å². The number of carboxylic acids is 1. The van der Waals surface area contributed by atoms with Crippen LogP contribution in [0, 0.1) is 11.6 Å². The number of aliphatic carboxylic acids is 1. The Balaban J connectivity index is 1.69. The van der Waals surface area contributed by atoms with Gasteiger partial charge in [0.15, 0.2) is 11.6 Å². The number of rotatable bonds is 5. The molecule has 2 N–H and O–H groups in total. The highest BCUT2D eigenvalue weighted by Crippen LogP contribution is 2.36. The summed E-state index contributed by atoms with van der Waals surface area (Å²) in [6, 6.07) is 3.39. The Morgan fingerprint density at radius 2 is 2.10 bits per heavy atom. The molecule has 0 amide bonds. The number of ether oxygens (including phenoxy) is 1. The van der Waals surface area contributed by atoms with Crippen molar-refractivity contribution in [2.24, 2.45) is 0 Å². The zero-order chi connectivity index (χ0) is 15.0. The lowest BCUT2D eigenvalue weighted by atomic mass is 9.97. The summed E-state index contributed by atoms with van der Waals surface area (Å²) in [5.74, 6) is -2.35. The summed E-state index contributed by atoms with van der Waals surface area (Å²) < 4.78 is 32.0. The van der Waals surface area contributed by atoms with Gasteiger partial charge in [0.25, 0.3) is 0 Å². The van der Waals surface area contributed by atoms with Gasteiger partial charge >= 0.3 is 5.97 Å². The molecule has 2 fully saturated rings. The van der Waals surface area contributed by atoms with E-state index in [-0.39, 0.29) is 24.3 Å². The molecule has 2 unspecified atom stereocenters. The second kappa shape index (κ2) is 5.26. The number of benzene rings is 1. The lowest BCUT2D eigenvalue weighted by Crippen LogP contribution is -2.51. The van der Waals surface area contributed by atoms with Crippen molar-refractivity contribution in [3.63, 3.8) is 0 Å². The van der Waals surface area contributed by atoms with Crippen LogP contribution in [0.25, 0.3) is 0 Å². The van der Waals surface area contributed by atoms with Gasteiger partial charge in [0.05, 0.1) is 0 Å². The van der Waals surface area contributed by atoms with Gasteiger partial charge in [-0.15, -0.1) is 0 Å². The molecule has 6 heteroatoms. The van der Waals surface area contributed by atoms with E-state index in [4.69, 9.17) is 4.74 Å². The standard InChI is InChI=1S/C15H17F2NO3/c16-9-1-4-13(12(17)7-9)21-11-5-6-15(8-11,14(19)20)18-10-2-3-10/h1,4,7,10-11,18H,2-3,5-6,8H2,(H,19,20). The monoisotopic (exact) mass is 297 g/mol. The van der Waals surface area contributed by atoms with Crippen molar-refractivity contribution in [1.29, 1.82) is 0 Å². The fourth-order valence-electron chi connectivity index (χ4n) is 2.86. The van der Waals surface area contributed by atoms with Crippen molar-refractivity contribution in [2.45, 2.75) is 49.8 Å². The number of halogens is 2. The van der Waals surface area contributed by atoms with Crippen molar-refractivity contribution < 1.29 is 23.4 Å². The van der Waals surface area contributed by atoms with Crippen LogP contribution in [0.2, 0.25) is 0 Å². The Labute approximate surface area is 121 Å². The van der Waals surface area contributed by atoms with Gasteiger partial charge in [0.1, 0.15) is 17.5 Å². The first-order chi connectivity index (χ1) is 9.98. The maximum atomic E-state index is 13.6. The third kappa shape index (κ3) is 3.00. The summed E-state index contributed by atoms with van der Waals surface area (Å²) in [6.45, 7) is 0. The summed E-state index contributed by atoms with van der Waals surface area (Å²) in [4.78, 5) is 11.6. The van der Waals surface area contributed by atoms with E-state index >= 15 is 0 Å². The number of nitrogens with one attached hydrogen (secondary N) is 1. The normalized spacial score (nSPS) is 28.6. The zero-order valence-electron chi connectivity index (χ0n) is 11.4. The van der Waals surface area contributed by atoms with E-state index in [1.165, 1.54) is 6.07 Å². The molecular formula is C15H17F2NO3. The van der Waals surface area contributed by atoms with Crippen molar-refractivity contribution in [3.05, 3.63) is 29.8 Å². The first kappa shape index (κ1) is 14.3. The van der Waals surface area contributed by atoms with Crippen LogP contribution in [-0.4, -0.2) is 28.8 Å². The third-order valence-corrected chi connectivity index (χ3v) is 4.12. The van der Waals surface area contributed by atoms with Gasteiger partial charge in [-0.25, -0.2) is 8.78 Å². The van der Waals surface area contributed by atoms with E-state index < -0.39 is 23.1 Å². The van der Waals surface area contributed by atoms with E-state index in [1.54, 1.807) is 0 Å². The molecule has 4 nitrogen and oxygen atoms in total. The minimum Gasteiger partial charge on any atom is -0.487 e. The molecule has 0 aliphatic heterocycles. The van der Waals surface area contributed by atoms with Crippen molar-refractivity contribution in [2.75, 3.05) is 0 Å². The van der Waals surface area contributed by atoms with E-state index in [1.807, 2.05) is 0 Å². The SMILES string of the molecule is O=C(O)C1(NC2CC2)CCC(Oc2ccc(F)cc2F)C1. The first-order valence-electron chi connectivity index (χ1n) is 7.11. The van der Waals surface area contributed by atoms with Gasteiger partial charge in [-0.1, -0.05) is 0 Å². The number of hydrogen-bond acceptors (Lipinski definition) is 3. The van der Waals surface area contributed by atoms with Crippen molar-refractivity contribution in [3.8, 4) is 5.75 Å². The molecule has 0 saturated heterocycles. The number of hydrogen-bond donors (Lipinski definition) is 2. The highest BCUT2D eigenvalue weighted by molar-refractivity contribution is 5.79. The largest absolute Gasteiger partial charge is 0.487 e. The van der Waals surface area contributed by atoms with E-state index in [0.29, 0.717) is 12.8 Å². The van der Waals surface area contributed by atoms with Gasteiger partial charge in [-0.05, 0) is 37.8 Å². The Bertz CT molecular complexity index is 562. The van der Waals surface area contributed by atoms with E-state index in [2.05, 4.69) is 5.32 Å². The van der Waals surface area contributed by atoms with Crippen LogP contribution in [0.1, 0.15) is 32.1 Å². The molecule has 0 heterocycles. The van der Waals surface area contributed by atoms with Crippen LogP contribution in [0.3, 0.4) is 0 Å². The van der Waals surface area contributed by atoms with E-state index in [0.717, 1.165) is 25.0 Å². The Hall–Kier alpha value is -1.69. The molecule has 3 rings (SSSR count). The molecule has 2 atom stereocenters. The summed E-state index contributed by atoms with van der Waals surface area (Å²) in [5.41, 5.74) is -0.984. The first-order valence-corrected chi connectivity index (χ1v) is 7.11. The Morgan fingerprint density at radius 3 is 2.71 bits per heavy atom. The van der Waals surface area contributed by atoms with Crippen molar-refractivity contribution in [1.82, 2.24) is 5.32 Å². The predicted molar refractivity (Wildman–Crippen MR) is 71.1 cm³/mol. The molecule has 0 spiro atoms. The molecule has 1 aromatic carbocycles. The van der Waals surface area contributed by atoms with Crippen LogP contribution in [0.4, 0.5) is 8.78 Å². The second-order valence-electron chi connectivity index (χ2n) is 5.86. The minimum absolute atomic E-state index is 0.0333.